The van der Waals surface area contributed by atoms with Crippen molar-refractivity contribution in [3.8, 4) is 0 Å². The Balaban J connectivity index is 2.06. The highest BCUT2D eigenvalue weighted by Gasteiger charge is 2.23. The zero-order valence-electron chi connectivity index (χ0n) is 10.1. The van der Waals surface area contributed by atoms with E-state index in [1.54, 1.807) is 0 Å². The number of rotatable bonds is 1. The number of anilines is 1. The van der Waals surface area contributed by atoms with Crippen LogP contribution in [0.15, 0.2) is 36.5 Å². The average Bonchev–Trinajstić information content (AvgIpc) is 2.36. The van der Waals surface area contributed by atoms with Crippen molar-refractivity contribution in [1.29, 1.82) is 0 Å². The van der Waals surface area contributed by atoms with Gasteiger partial charge in [-0.3, -0.25) is 0 Å². The Morgan fingerprint density at radius 2 is 2.06 bits per heavy atom. The predicted molar refractivity (Wildman–Crippen MR) is 78.3 cm³/mol. The van der Waals surface area contributed by atoms with Crippen molar-refractivity contribution in [2.75, 3.05) is 18.0 Å². The zero-order chi connectivity index (χ0) is 11.9. The molecule has 0 unspecified atom stereocenters. The molecule has 0 aromatic heterocycles. The molecule has 4 rings (SSSR count). The summed E-state index contributed by atoms with van der Waals surface area (Å²) in [4.78, 5) is 5.89. The molecular weight excluding hydrogens is 236 g/mol. The number of hydrogen-bond donors (Lipinski definition) is 1. The van der Waals surface area contributed by atoms with E-state index in [0.717, 1.165) is 0 Å². The summed E-state index contributed by atoms with van der Waals surface area (Å²) in [6, 6.07) is 11.1. The van der Waals surface area contributed by atoms with Crippen LogP contribution in [0.4, 0.5) is 5.69 Å². The normalized spacial score (nSPS) is 17.2. The summed E-state index contributed by atoms with van der Waals surface area (Å²) in [7, 11) is 0.686. The molecule has 1 N–H and O–H groups in total. The van der Waals surface area contributed by atoms with E-state index in [9.17, 15) is 0 Å². The van der Waals surface area contributed by atoms with Gasteiger partial charge in [0, 0.05) is 24.2 Å². The maximum absolute atomic E-state index is 3.37. The second-order valence-corrected chi connectivity index (χ2v) is 5.89. The molecule has 0 atom stereocenters. The monoisotopic (exact) mass is 250 g/mol. The van der Waals surface area contributed by atoms with Crippen LogP contribution in [0.2, 0.25) is 0 Å². The molecule has 2 aromatic carbocycles. The summed E-state index contributed by atoms with van der Waals surface area (Å²) in [5, 5.41) is 4.24. The highest BCUT2D eigenvalue weighted by atomic mass is 28.2. The highest BCUT2D eigenvalue weighted by molar-refractivity contribution is 6.56. The molecular formula is C15H14N2Si. The molecule has 0 amide bonds. The van der Waals surface area contributed by atoms with E-state index in [2.05, 4.69) is 52.5 Å². The van der Waals surface area contributed by atoms with E-state index in [-0.39, 0.29) is 0 Å². The van der Waals surface area contributed by atoms with Gasteiger partial charge in [-0.05, 0) is 40.9 Å². The smallest absolute Gasteiger partial charge is 0.221 e. The molecule has 1 saturated heterocycles. The van der Waals surface area contributed by atoms with Crippen molar-refractivity contribution < 1.29 is 0 Å². The average molecular weight is 250 g/mol. The first-order chi connectivity index (χ1) is 8.93. The van der Waals surface area contributed by atoms with Gasteiger partial charge in [0.15, 0.2) is 0 Å². The van der Waals surface area contributed by atoms with Crippen LogP contribution in [0.3, 0.4) is 0 Å². The van der Waals surface area contributed by atoms with Gasteiger partial charge in [-0.25, -0.2) is 0 Å². The largest absolute Gasteiger partial charge is 0.414 e. The van der Waals surface area contributed by atoms with Crippen LogP contribution >= 0.6 is 0 Å². The summed E-state index contributed by atoms with van der Waals surface area (Å²) in [5.74, 6) is 0. The first kappa shape index (κ1) is 10.2. The number of benzene rings is 2. The molecule has 2 radical (unpaired) electrons. The van der Waals surface area contributed by atoms with Gasteiger partial charge in [-0.2, -0.15) is 0 Å². The minimum absolute atomic E-state index is 0.686. The fraction of sp³-hybridized carbons (Fsp3) is 0.200. The molecule has 2 nitrogen and oxygen atoms in total. The van der Waals surface area contributed by atoms with Crippen molar-refractivity contribution in [2.45, 2.75) is 6.42 Å². The van der Waals surface area contributed by atoms with Crippen LogP contribution < -0.4 is 15.1 Å². The molecule has 0 aliphatic carbocycles. The van der Waals surface area contributed by atoms with Crippen molar-refractivity contribution in [3.05, 3.63) is 42.1 Å². The van der Waals surface area contributed by atoms with E-state index in [4.69, 9.17) is 0 Å². The number of fused-ring (bicyclic) bond motifs is 2. The van der Waals surface area contributed by atoms with Crippen LogP contribution in [0.5, 0.6) is 0 Å². The molecule has 18 heavy (non-hydrogen) atoms. The third kappa shape index (κ3) is 1.40. The Bertz CT molecular complexity index is 644. The van der Waals surface area contributed by atoms with Gasteiger partial charge >= 0.3 is 0 Å². The molecule has 0 saturated carbocycles. The fourth-order valence-electron chi connectivity index (χ4n) is 2.73. The van der Waals surface area contributed by atoms with Crippen molar-refractivity contribution in [3.63, 3.8) is 0 Å². The second kappa shape index (κ2) is 3.88. The molecule has 2 heterocycles. The van der Waals surface area contributed by atoms with Crippen molar-refractivity contribution in [2.24, 2.45) is 0 Å². The maximum atomic E-state index is 3.37. The van der Waals surface area contributed by atoms with Crippen molar-refractivity contribution >= 4 is 37.4 Å². The number of nitrogens with one attached hydrogen (secondary N) is 1. The van der Waals surface area contributed by atoms with Crippen LogP contribution in [0.25, 0.3) is 16.8 Å². The van der Waals surface area contributed by atoms with Gasteiger partial charge in [0.25, 0.3) is 0 Å². The third-order valence-electron chi connectivity index (χ3n) is 3.77. The molecule has 0 bridgehead atoms. The zero-order valence-corrected chi connectivity index (χ0v) is 11.1. The lowest BCUT2D eigenvalue weighted by atomic mass is 10.0. The molecule has 88 valence electrons. The number of hydrogen-bond acceptors (Lipinski definition) is 2. The predicted octanol–water partition coefficient (Wildman–Crippen LogP) is 1.87. The first-order valence-electron chi connectivity index (χ1n) is 6.42. The van der Waals surface area contributed by atoms with Crippen LogP contribution in [0.1, 0.15) is 12.0 Å². The summed E-state index contributed by atoms with van der Waals surface area (Å²) in [5.41, 5.74) is 2.84. The molecule has 3 heteroatoms. The minimum Gasteiger partial charge on any atom is -0.414 e. The summed E-state index contributed by atoms with van der Waals surface area (Å²) in [6.45, 7) is 2.41. The first-order valence-corrected chi connectivity index (χ1v) is 7.42. The Hall–Kier alpha value is -1.74. The van der Waals surface area contributed by atoms with E-state index < -0.39 is 0 Å². The van der Waals surface area contributed by atoms with Crippen LogP contribution in [0, 0.1) is 0 Å². The number of nitrogens with zero attached hydrogens (tertiary/aromatic N) is 1. The molecule has 2 aliphatic heterocycles. The Morgan fingerprint density at radius 3 is 2.89 bits per heavy atom. The van der Waals surface area contributed by atoms with E-state index in [1.807, 2.05) is 0 Å². The maximum Gasteiger partial charge on any atom is 0.221 e. The van der Waals surface area contributed by atoms with Gasteiger partial charge < -0.3 is 9.88 Å². The lowest BCUT2D eigenvalue weighted by Crippen LogP contribution is -2.44. The van der Waals surface area contributed by atoms with E-state index in [0.29, 0.717) is 9.68 Å². The van der Waals surface area contributed by atoms with Gasteiger partial charge in [-0.1, -0.05) is 24.3 Å². The second-order valence-electron chi connectivity index (χ2n) is 4.85. The Labute approximate surface area is 109 Å². The standard InChI is InChI=1S/C15H14N2Si/c1-2-5-13-11(4-1)10-12-6-7-16-18-15(12)14(13)17-8-3-9-17/h1-2,4-7,10,16H,3,8-9H2. The summed E-state index contributed by atoms with van der Waals surface area (Å²) >= 11 is 0. The van der Waals surface area contributed by atoms with E-state index >= 15 is 0 Å². The molecule has 2 aromatic rings. The Kier molecular flexibility index (Phi) is 2.20. The quantitative estimate of drug-likeness (QED) is 0.777. The summed E-state index contributed by atoms with van der Waals surface area (Å²) < 4.78 is 0. The molecule has 0 spiro atoms. The van der Waals surface area contributed by atoms with Crippen molar-refractivity contribution in [1.82, 2.24) is 4.98 Å². The van der Waals surface area contributed by atoms with Crippen LogP contribution in [-0.2, 0) is 0 Å². The third-order valence-corrected chi connectivity index (χ3v) is 4.85. The van der Waals surface area contributed by atoms with E-state index in [1.165, 1.54) is 46.7 Å². The molecule has 2 aliphatic rings. The van der Waals surface area contributed by atoms with Gasteiger partial charge in [0.2, 0.25) is 9.68 Å². The fourth-order valence-corrected chi connectivity index (χ4v) is 3.75. The molecule has 1 fully saturated rings. The SMILES string of the molecule is C1=Cc2cc3ccccc3c(N3CCC3)c2[Si]N1. The van der Waals surface area contributed by atoms with Gasteiger partial charge in [0.1, 0.15) is 0 Å². The topological polar surface area (TPSA) is 15.3 Å². The Morgan fingerprint density at radius 1 is 1.17 bits per heavy atom. The van der Waals surface area contributed by atoms with Gasteiger partial charge in [0.05, 0.1) is 0 Å². The van der Waals surface area contributed by atoms with Gasteiger partial charge in [-0.15, -0.1) is 0 Å². The van der Waals surface area contributed by atoms with Crippen LogP contribution in [-0.4, -0.2) is 22.8 Å². The lowest BCUT2D eigenvalue weighted by Gasteiger charge is -2.36. The lowest BCUT2D eigenvalue weighted by molar-refractivity contribution is 0.621. The highest BCUT2D eigenvalue weighted by Crippen LogP contribution is 2.30. The summed E-state index contributed by atoms with van der Waals surface area (Å²) in [6.07, 6.45) is 5.58. The minimum atomic E-state index is 0.686.